The first-order valence-electron chi connectivity index (χ1n) is 6.94. The van der Waals surface area contributed by atoms with Crippen molar-refractivity contribution in [3.8, 4) is 10.4 Å². The molecule has 0 aliphatic rings. The molecule has 0 aliphatic carbocycles. The molecule has 4 heteroatoms. The van der Waals surface area contributed by atoms with E-state index in [-0.39, 0.29) is 11.9 Å². The van der Waals surface area contributed by atoms with Crippen molar-refractivity contribution in [3.05, 3.63) is 39.8 Å². The van der Waals surface area contributed by atoms with E-state index in [1.807, 2.05) is 0 Å². The molecule has 3 nitrogen and oxygen atoms in total. The van der Waals surface area contributed by atoms with Crippen molar-refractivity contribution in [1.82, 2.24) is 0 Å². The van der Waals surface area contributed by atoms with Crippen molar-refractivity contribution >= 4 is 23.0 Å². The Bertz CT molecular complexity index is 666. The van der Waals surface area contributed by atoms with E-state index in [1.165, 1.54) is 29.6 Å². The molecule has 1 aromatic heterocycles. The highest BCUT2D eigenvalue weighted by molar-refractivity contribution is 7.18. The Hall–Kier alpha value is -1.81. The SMILES string of the molecule is COC(=O)c1sc(-c2cc(C)cc(C)c2)c(C(C)C)c1N. The van der Waals surface area contributed by atoms with E-state index in [2.05, 4.69) is 45.9 Å². The van der Waals surface area contributed by atoms with Gasteiger partial charge in [-0.15, -0.1) is 11.3 Å². The fraction of sp³-hybridized carbons (Fsp3) is 0.353. The fourth-order valence-corrected chi connectivity index (χ4v) is 3.88. The standard InChI is InChI=1S/C17H21NO2S/c1-9(2)13-14(18)16(17(19)20-5)21-15(13)12-7-10(3)6-11(4)8-12/h6-9H,18H2,1-5H3. The van der Waals surface area contributed by atoms with Gasteiger partial charge in [0.25, 0.3) is 0 Å². The van der Waals surface area contributed by atoms with Crippen LogP contribution >= 0.6 is 11.3 Å². The Kier molecular flexibility index (Phi) is 4.37. The average molecular weight is 303 g/mol. The van der Waals surface area contributed by atoms with Gasteiger partial charge in [-0.25, -0.2) is 4.79 Å². The van der Waals surface area contributed by atoms with Crippen LogP contribution in [-0.2, 0) is 4.74 Å². The summed E-state index contributed by atoms with van der Waals surface area (Å²) in [4.78, 5) is 13.5. The molecule has 0 radical (unpaired) electrons. The van der Waals surface area contributed by atoms with Gasteiger partial charge >= 0.3 is 5.97 Å². The van der Waals surface area contributed by atoms with Gasteiger partial charge in [-0.2, -0.15) is 0 Å². The second-order valence-corrected chi connectivity index (χ2v) is 6.63. The maximum absolute atomic E-state index is 11.9. The largest absolute Gasteiger partial charge is 0.465 e. The average Bonchev–Trinajstić information content (AvgIpc) is 2.74. The van der Waals surface area contributed by atoms with Crippen molar-refractivity contribution in [2.45, 2.75) is 33.6 Å². The summed E-state index contributed by atoms with van der Waals surface area (Å²) in [7, 11) is 1.38. The van der Waals surface area contributed by atoms with Crippen LogP contribution in [0.2, 0.25) is 0 Å². The zero-order chi connectivity index (χ0) is 15.7. The molecule has 2 N–H and O–H groups in total. The summed E-state index contributed by atoms with van der Waals surface area (Å²) in [6.07, 6.45) is 0. The number of methoxy groups -OCH3 is 1. The lowest BCUT2D eigenvalue weighted by atomic mass is 9.96. The molecule has 0 aliphatic heterocycles. The van der Waals surface area contributed by atoms with Gasteiger partial charge in [0.1, 0.15) is 4.88 Å². The topological polar surface area (TPSA) is 52.3 Å². The van der Waals surface area contributed by atoms with E-state index in [0.717, 1.165) is 16.0 Å². The molecule has 1 aromatic carbocycles. The van der Waals surface area contributed by atoms with Crippen LogP contribution in [0.25, 0.3) is 10.4 Å². The van der Waals surface area contributed by atoms with E-state index < -0.39 is 0 Å². The van der Waals surface area contributed by atoms with Gasteiger partial charge < -0.3 is 10.5 Å². The summed E-state index contributed by atoms with van der Waals surface area (Å²) >= 11 is 1.42. The molecule has 112 valence electrons. The Balaban J connectivity index is 2.70. The maximum Gasteiger partial charge on any atom is 0.350 e. The number of ether oxygens (including phenoxy) is 1. The molecule has 0 amide bonds. The molecule has 0 bridgehead atoms. The molecule has 21 heavy (non-hydrogen) atoms. The van der Waals surface area contributed by atoms with Crippen LogP contribution in [0.1, 0.15) is 46.1 Å². The number of rotatable bonds is 3. The second-order valence-electron chi connectivity index (χ2n) is 5.61. The third-order valence-corrected chi connectivity index (χ3v) is 4.67. The summed E-state index contributed by atoms with van der Waals surface area (Å²) in [5.41, 5.74) is 11.3. The summed E-state index contributed by atoms with van der Waals surface area (Å²) in [6.45, 7) is 8.32. The summed E-state index contributed by atoms with van der Waals surface area (Å²) in [6, 6.07) is 6.40. The molecule has 2 rings (SSSR count). The molecular weight excluding hydrogens is 282 g/mol. The van der Waals surface area contributed by atoms with E-state index >= 15 is 0 Å². The van der Waals surface area contributed by atoms with Crippen LogP contribution in [0.3, 0.4) is 0 Å². The van der Waals surface area contributed by atoms with Crippen molar-refractivity contribution < 1.29 is 9.53 Å². The third-order valence-electron chi connectivity index (χ3n) is 3.42. The molecule has 1 heterocycles. The smallest absolute Gasteiger partial charge is 0.350 e. The van der Waals surface area contributed by atoms with E-state index in [1.54, 1.807) is 0 Å². The van der Waals surface area contributed by atoms with Crippen molar-refractivity contribution in [2.75, 3.05) is 12.8 Å². The Morgan fingerprint density at radius 2 is 1.76 bits per heavy atom. The zero-order valence-electron chi connectivity index (χ0n) is 13.1. The van der Waals surface area contributed by atoms with Crippen LogP contribution in [-0.4, -0.2) is 13.1 Å². The fourth-order valence-electron chi connectivity index (χ4n) is 2.59. The number of benzene rings is 1. The van der Waals surface area contributed by atoms with Crippen molar-refractivity contribution in [1.29, 1.82) is 0 Å². The first-order chi connectivity index (χ1) is 9.85. The minimum Gasteiger partial charge on any atom is -0.465 e. The number of carbonyl (C=O) groups excluding carboxylic acids is 1. The lowest BCUT2D eigenvalue weighted by Gasteiger charge is -2.10. The lowest BCUT2D eigenvalue weighted by Crippen LogP contribution is -2.03. The van der Waals surface area contributed by atoms with Gasteiger partial charge in [0.2, 0.25) is 0 Å². The molecule has 0 saturated heterocycles. The molecule has 0 unspecified atom stereocenters. The van der Waals surface area contributed by atoms with Crippen LogP contribution in [0.4, 0.5) is 5.69 Å². The van der Waals surface area contributed by atoms with Crippen LogP contribution in [0.5, 0.6) is 0 Å². The van der Waals surface area contributed by atoms with E-state index in [0.29, 0.717) is 10.6 Å². The van der Waals surface area contributed by atoms with Crippen molar-refractivity contribution in [2.24, 2.45) is 0 Å². The van der Waals surface area contributed by atoms with Crippen molar-refractivity contribution in [3.63, 3.8) is 0 Å². The van der Waals surface area contributed by atoms with Crippen LogP contribution in [0.15, 0.2) is 18.2 Å². The number of thiophene rings is 1. The van der Waals surface area contributed by atoms with Gasteiger partial charge in [0.05, 0.1) is 12.8 Å². The number of hydrogen-bond donors (Lipinski definition) is 1. The zero-order valence-corrected chi connectivity index (χ0v) is 13.9. The van der Waals surface area contributed by atoms with Gasteiger partial charge in [-0.1, -0.05) is 43.2 Å². The Labute approximate surface area is 129 Å². The Morgan fingerprint density at radius 3 is 2.24 bits per heavy atom. The first-order valence-corrected chi connectivity index (χ1v) is 7.76. The van der Waals surface area contributed by atoms with Gasteiger partial charge in [0, 0.05) is 4.88 Å². The predicted octanol–water partition coefficient (Wildman–Crippen LogP) is 4.52. The normalized spacial score (nSPS) is 11.0. The number of anilines is 1. The third kappa shape index (κ3) is 2.95. The molecule has 2 aromatic rings. The number of carbonyl (C=O) groups is 1. The molecular formula is C17H21NO2S. The number of aryl methyl sites for hydroxylation is 2. The second kappa shape index (κ2) is 5.90. The van der Waals surface area contributed by atoms with Gasteiger partial charge in [-0.3, -0.25) is 0 Å². The number of nitrogens with two attached hydrogens (primary N) is 1. The highest BCUT2D eigenvalue weighted by Gasteiger charge is 2.24. The minimum atomic E-state index is -0.366. The molecule has 0 fully saturated rings. The highest BCUT2D eigenvalue weighted by atomic mass is 32.1. The molecule has 0 saturated carbocycles. The quantitative estimate of drug-likeness (QED) is 0.848. The van der Waals surface area contributed by atoms with Gasteiger partial charge in [0.15, 0.2) is 0 Å². The van der Waals surface area contributed by atoms with Crippen LogP contribution in [0, 0.1) is 13.8 Å². The Morgan fingerprint density at radius 1 is 1.19 bits per heavy atom. The summed E-state index contributed by atoms with van der Waals surface area (Å²) in [5, 5.41) is 0. The minimum absolute atomic E-state index is 0.246. The molecule has 0 atom stereocenters. The first kappa shape index (κ1) is 15.6. The lowest BCUT2D eigenvalue weighted by molar-refractivity contribution is 0.0607. The van der Waals surface area contributed by atoms with Gasteiger partial charge in [-0.05, 0) is 30.9 Å². The summed E-state index contributed by atoms with van der Waals surface area (Å²) in [5.74, 6) is -0.120. The number of nitrogen functional groups attached to an aromatic ring is 1. The highest BCUT2D eigenvalue weighted by Crippen LogP contribution is 2.43. The number of hydrogen-bond acceptors (Lipinski definition) is 4. The van der Waals surface area contributed by atoms with Crippen LogP contribution < -0.4 is 5.73 Å². The van der Waals surface area contributed by atoms with E-state index in [4.69, 9.17) is 10.5 Å². The van der Waals surface area contributed by atoms with E-state index in [9.17, 15) is 4.79 Å². The number of esters is 1. The molecule has 0 spiro atoms. The maximum atomic E-state index is 11.9. The summed E-state index contributed by atoms with van der Waals surface area (Å²) < 4.78 is 4.84. The monoisotopic (exact) mass is 303 g/mol. The predicted molar refractivity (Wildman–Crippen MR) is 89.1 cm³/mol.